The number of hydrogen-bond donors (Lipinski definition) is 0. The third-order valence-electron chi connectivity index (χ3n) is 2.89. The number of rotatable bonds is 3. The average Bonchev–Trinajstić information content (AvgIpc) is 2.10. The molecular formula is C12H20N2. The van der Waals surface area contributed by atoms with E-state index in [1.54, 1.807) is 0 Å². The van der Waals surface area contributed by atoms with Gasteiger partial charge in [0, 0.05) is 0 Å². The predicted octanol–water partition coefficient (Wildman–Crippen LogP) is 3.36. The van der Waals surface area contributed by atoms with E-state index in [0.29, 0.717) is 5.92 Å². The van der Waals surface area contributed by atoms with Crippen molar-refractivity contribution in [3.05, 3.63) is 0 Å². The summed E-state index contributed by atoms with van der Waals surface area (Å²) in [7, 11) is 0. The van der Waals surface area contributed by atoms with Gasteiger partial charge in [-0.1, -0.05) is 41.0 Å². The Morgan fingerprint density at radius 2 is 1.57 bits per heavy atom. The molecule has 0 fully saturated rings. The van der Waals surface area contributed by atoms with E-state index in [2.05, 4.69) is 46.8 Å². The lowest BCUT2D eigenvalue weighted by atomic mass is 9.67. The van der Waals surface area contributed by atoms with Gasteiger partial charge in [0.25, 0.3) is 0 Å². The van der Waals surface area contributed by atoms with Crippen molar-refractivity contribution in [2.45, 2.75) is 41.0 Å². The Kier molecular flexibility index (Phi) is 4.64. The van der Waals surface area contributed by atoms with Crippen LogP contribution in [0.2, 0.25) is 0 Å². The van der Waals surface area contributed by atoms with Crippen LogP contribution >= 0.6 is 0 Å². The zero-order valence-corrected chi connectivity index (χ0v) is 9.83. The minimum absolute atomic E-state index is 0.0194. The van der Waals surface area contributed by atoms with Gasteiger partial charge in [0.2, 0.25) is 0 Å². The zero-order chi connectivity index (χ0) is 11.4. The highest BCUT2D eigenvalue weighted by Gasteiger charge is 2.35. The minimum atomic E-state index is -0.482. The topological polar surface area (TPSA) is 47.6 Å². The molecule has 0 aliphatic carbocycles. The lowest BCUT2D eigenvalue weighted by molar-refractivity contribution is 0.141. The fourth-order valence-corrected chi connectivity index (χ4v) is 2.13. The highest BCUT2D eigenvalue weighted by atomic mass is 14.4. The molecule has 0 radical (unpaired) electrons. The fourth-order valence-electron chi connectivity index (χ4n) is 2.13. The first-order chi connectivity index (χ1) is 6.38. The second-order valence-electron chi connectivity index (χ2n) is 5.01. The monoisotopic (exact) mass is 192 g/mol. The van der Waals surface area contributed by atoms with E-state index in [1.165, 1.54) is 0 Å². The molecule has 0 unspecified atom stereocenters. The second-order valence-corrected chi connectivity index (χ2v) is 5.01. The van der Waals surface area contributed by atoms with Gasteiger partial charge in [-0.25, -0.2) is 0 Å². The van der Waals surface area contributed by atoms with Crippen molar-refractivity contribution in [3.8, 4) is 12.1 Å². The van der Waals surface area contributed by atoms with E-state index >= 15 is 0 Å². The van der Waals surface area contributed by atoms with E-state index in [4.69, 9.17) is 10.5 Å². The van der Waals surface area contributed by atoms with Gasteiger partial charge < -0.3 is 0 Å². The van der Waals surface area contributed by atoms with Crippen LogP contribution in [-0.4, -0.2) is 0 Å². The highest BCUT2D eigenvalue weighted by molar-refractivity contribution is 5.06. The zero-order valence-electron chi connectivity index (χ0n) is 9.83. The molecule has 2 atom stereocenters. The number of hydrogen-bond acceptors (Lipinski definition) is 2. The first-order valence-electron chi connectivity index (χ1n) is 5.17. The molecular weight excluding hydrogens is 172 g/mol. The van der Waals surface area contributed by atoms with Crippen LogP contribution in [0.1, 0.15) is 41.0 Å². The van der Waals surface area contributed by atoms with Crippen molar-refractivity contribution in [1.29, 1.82) is 10.5 Å². The molecule has 0 bridgehead atoms. The number of nitrogens with zero attached hydrogens (tertiary/aromatic N) is 2. The molecule has 0 spiro atoms. The van der Waals surface area contributed by atoms with Gasteiger partial charge in [-0.2, -0.15) is 10.5 Å². The Hall–Kier alpha value is -1.02. The molecule has 78 valence electrons. The van der Waals surface area contributed by atoms with Crippen LogP contribution in [0, 0.1) is 45.8 Å². The van der Waals surface area contributed by atoms with Gasteiger partial charge >= 0.3 is 0 Å². The summed E-state index contributed by atoms with van der Waals surface area (Å²) in [4.78, 5) is 0. The Morgan fingerprint density at radius 3 is 1.79 bits per heavy atom. The molecule has 0 saturated carbocycles. The summed E-state index contributed by atoms with van der Waals surface area (Å²) < 4.78 is 0. The quantitative estimate of drug-likeness (QED) is 0.688. The lowest BCUT2D eigenvalue weighted by Gasteiger charge is -2.35. The average molecular weight is 192 g/mol. The normalized spacial score (nSPS) is 15.7. The SMILES string of the molecule is CC[C@@H](C)[C@H](C(C#N)C#N)C(C)(C)C. The lowest BCUT2D eigenvalue weighted by Crippen LogP contribution is -2.32. The molecule has 0 amide bonds. The van der Waals surface area contributed by atoms with Crippen molar-refractivity contribution in [1.82, 2.24) is 0 Å². The summed E-state index contributed by atoms with van der Waals surface area (Å²) in [5.41, 5.74) is 0.0194. The van der Waals surface area contributed by atoms with Crippen molar-refractivity contribution < 1.29 is 0 Å². The third kappa shape index (κ3) is 3.04. The number of nitriles is 2. The predicted molar refractivity (Wildman–Crippen MR) is 57.1 cm³/mol. The van der Waals surface area contributed by atoms with Crippen LogP contribution in [0.5, 0.6) is 0 Å². The van der Waals surface area contributed by atoms with Crippen LogP contribution in [0.4, 0.5) is 0 Å². The van der Waals surface area contributed by atoms with Gasteiger partial charge in [-0.3, -0.25) is 0 Å². The maximum Gasteiger partial charge on any atom is 0.136 e. The van der Waals surface area contributed by atoms with Crippen LogP contribution < -0.4 is 0 Å². The molecule has 0 N–H and O–H groups in total. The summed E-state index contributed by atoms with van der Waals surface area (Å²) in [5, 5.41) is 17.9. The van der Waals surface area contributed by atoms with Crippen LogP contribution in [0.25, 0.3) is 0 Å². The van der Waals surface area contributed by atoms with Crippen molar-refractivity contribution in [2.75, 3.05) is 0 Å². The maximum atomic E-state index is 8.93. The second kappa shape index (κ2) is 5.01. The summed E-state index contributed by atoms with van der Waals surface area (Å²) >= 11 is 0. The van der Waals surface area contributed by atoms with Crippen LogP contribution in [0.15, 0.2) is 0 Å². The van der Waals surface area contributed by atoms with E-state index in [1.807, 2.05) is 0 Å². The van der Waals surface area contributed by atoms with Crippen LogP contribution in [-0.2, 0) is 0 Å². The highest BCUT2D eigenvalue weighted by Crippen LogP contribution is 2.38. The van der Waals surface area contributed by atoms with Gasteiger partial charge in [0.15, 0.2) is 0 Å². The van der Waals surface area contributed by atoms with E-state index in [-0.39, 0.29) is 11.3 Å². The molecule has 0 aliphatic rings. The van der Waals surface area contributed by atoms with E-state index in [0.717, 1.165) is 6.42 Å². The van der Waals surface area contributed by atoms with Crippen molar-refractivity contribution in [3.63, 3.8) is 0 Å². The Labute approximate surface area is 87.5 Å². The first-order valence-corrected chi connectivity index (χ1v) is 5.17. The third-order valence-corrected chi connectivity index (χ3v) is 2.89. The molecule has 0 aromatic carbocycles. The largest absolute Gasteiger partial charge is 0.197 e. The standard InChI is InChI=1S/C12H20N2/c1-6-9(2)11(12(3,4)5)10(7-13)8-14/h9-11H,6H2,1-5H3/t9-,11-/m1/s1. The van der Waals surface area contributed by atoms with Gasteiger partial charge in [0.1, 0.15) is 5.92 Å². The van der Waals surface area contributed by atoms with Crippen molar-refractivity contribution in [2.24, 2.45) is 23.2 Å². The molecule has 0 rings (SSSR count). The van der Waals surface area contributed by atoms with Gasteiger partial charge in [-0.15, -0.1) is 0 Å². The summed E-state index contributed by atoms with van der Waals surface area (Å²) in [6, 6.07) is 4.22. The molecule has 0 saturated heterocycles. The van der Waals surface area contributed by atoms with Gasteiger partial charge in [-0.05, 0) is 17.3 Å². The molecule has 0 aliphatic heterocycles. The Bertz CT molecular complexity index is 235. The summed E-state index contributed by atoms with van der Waals surface area (Å²) in [6.45, 7) is 10.5. The fraction of sp³-hybridized carbons (Fsp3) is 0.833. The molecule has 0 aromatic rings. The minimum Gasteiger partial charge on any atom is -0.197 e. The van der Waals surface area contributed by atoms with Crippen molar-refractivity contribution >= 4 is 0 Å². The first kappa shape index (κ1) is 13.0. The van der Waals surface area contributed by atoms with E-state index < -0.39 is 5.92 Å². The van der Waals surface area contributed by atoms with Crippen LogP contribution in [0.3, 0.4) is 0 Å². The molecule has 2 heteroatoms. The molecule has 0 heterocycles. The summed E-state index contributed by atoms with van der Waals surface area (Å²) in [6.07, 6.45) is 1.02. The Morgan fingerprint density at radius 1 is 1.14 bits per heavy atom. The van der Waals surface area contributed by atoms with Gasteiger partial charge in [0.05, 0.1) is 12.1 Å². The summed E-state index contributed by atoms with van der Waals surface area (Å²) in [5.74, 6) is 0.0896. The maximum absolute atomic E-state index is 8.93. The van der Waals surface area contributed by atoms with E-state index in [9.17, 15) is 0 Å². The molecule has 0 aromatic heterocycles. The smallest absolute Gasteiger partial charge is 0.136 e. The Balaban J connectivity index is 4.94. The molecule has 14 heavy (non-hydrogen) atoms. The molecule has 2 nitrogen and oxygen atoms in total.